The minimum atomic E-state index is -0.914. The highest BCUT2D eigenvalue weighted by molar-refractivity contribution is 5.97. The van der Waals surface area contributed by atoms with Crippen LogP contribution >= 0.6 is 0 Å². The van der Waals surface area contributed by atoms with Crippen LogP contribution in [0.25, 0.3) is 11.4 Å². The van der Waals surface area contributed by atoms with Crippen molar-refractivity contribution in [2.75, 3.05) is 5.32 Å². The summed E-state index contributed by atoms with van der Waals surface area (Å²) < 4.78 is 11.2. The fraction of sp³-hybridized carbons (Fsp3) is 0.115. The minimum absolute atomic E-state index is 0.344. The number of ether oxygens (including phenoxy) is 2. The molecule has 0 saturated heterocycles. The number of aromatic amines is 1. The number of rotatable bonds is 8. The average molecular weight is 441 g/mol. The van der Waals surface area contributed by atoms with Crippen molar-refractivity contribution < 1.29 is 19.1 Å². The summed E-state index contributed by atoms with van der Waals surface area (Å²) >= 11 is 0. The van der Waals surface area contributed by atoms with Gasteiger partial charge in [-0.15, -0.1) is 0 Å². The van der Waals surface area contributed by atoms with Crippen LogP contribution in [-0.4, -0.2) is 27.9 Å². The zero-order chi connectivity index (χ0) is 23.0. The van der Waals surface area contributed by atoms with E-state index in [9.17, 15) is 9.59 Å². The first-order chi connectivity index (χ1) is 16.1. The van der Waals surface area contributed by atoms with Gasteiger partial charge in [-0.3, -0.25) is 4.79 Å². The van der Waals surface area contributed by atoms with Crippen molar-refractivity contribution in [2.45, 2.75) is 19.4 Å². The van der Waals surface area contributed by atoms with Gasteiger partial charge in [-0.05, 0) is 55.0 Å². The van der Waals surface area contributed by atoms with E-state index in [2.05, 4.69) is 15.3 Å². The highest BCUT2D eigenvalue weighted by atomic mass is 16.5. The van der Waals surface area contributed by atoms with Crippen molar-refractivity contribution >= 4 is 17.6 Å². The van der Waals surface area contributed by atoms with Crippen LogP contribution in [0.4, 0.5) is 5.69 Å². The van der Waals surface area contributed by atoms with Gasteiger partial charge in [0.05, 0.1) is 5.56 Å². The highest BCUT2D eigenvalue weighted by Crippen LogP contribution is 2.23. The Morgan fingerprint density at radius 1 is 0.939 bits per heavy atom. The van der Waals surface area contributed by atoms with E-state index in [4.69, 9.17) is 9.47 Å². The van der Waals surface area contributed by atoms with E-state index in [1.54, 1.807) is 67.8 Å². The molecule has 2 N–H and O–H groups in total. The van der Waals surface area contributed by atoms with Crippen molar-refractivity contribution in [1.82, 2.24) is 9.97 Å². The SMILES string of the molecule is CCC(OC(=O)c1ccc(-c2ncc[nH]2)cc1)C(=O)Nc1ccc(Oc2ccccc2)cc1. The molecule has 0 radical (unpaired) electrons. The number of anilines is 1. The van der Waals surface area contributed by atoms with Gasteiger partial charge < -0.3 is 19.8 Å². The predicted molar refractivity (Wildman–Crippen MR) is 125 cm³/mol. The standard InChI is InChI=1S/C26H23N3O4/c1-2-23(33-26(31)19-10-8-18(9-11-19)24-27-16-17-28-24)25(30)29-20-12-14-22(15-13-20)32-21-6-4-3-5-7-21/h3-17,23H,2H2,1H3,(H,27,28)(H,29,30). The van der Waals surface area contributed by atoms with Gasteiger partial charge >= 0.3 is 5.97 Å². The number of nitrogens with zero attached hydrogens (tertiary/aromatic N) is 1. The van der Waals surface area contributed by atoms with E-state index < -0.39 is 18.0 Å². The molecule has 0 fully saturated rings. The van der Waals surface area contributed by atoms with Crippen LogP contribution < -0.4 is 10.1 Å². The summed E-state index contributed by atoms with van der Waals surface area (Å²) in [4.78, 5) is 32.4. The summed E-state index contributed by atoms with van der Waals surface area (Å²) in [5.41, 5.74) is 1.79. The Kier molecular flexibility index (Phi) is 6.80. The summed E-state index contributed by atoms with van der Waals surface area (Å²) in [7, 11) is 0. The lowest BCUT2D eigenvalue weighted by Crippen LogP contribution is -2.32. The van der Waals surface area contributed by atoms with Gasteiger partial charge in [-0.2, -0.15) is 0 Å². The monoisotopic (exact) mass is 441 g/mol. The molecule has 33 heavy (non-hydrogen) atoms. The molecule has 4 aromatic rings. The van der Waals surface area contributed by atoms with Crippen molar-refractivity contribution in [2.24, 2.45) is 0 Å². The zero-order valence-corrected chi connectivity index (χ0v) is 18.0. The van der Waals surface area contributed by atoms with E-state index in [-0.39, 0.29) is 0 Å². The number of para-hydroxylation sites is 1. The number of nitrogens with one attached hydrogen (secondary N) is 2. The molecule has 3 aromatic carbocycles. The van der Waals surface area contributed by atoms with E-state index in [0.717, 1.165) is 11.3 Å². The van der Waals surface area contributed by atoms with Crippen LogP contribution in [0.1, 0.15) is 23.7 Å². The zero-order valence-electron chi connectivity index (χ0n) is 18.0. The Balaban J connectivity index is 1.34. The Morgan fingerprint density at radius 2 is 1.64 bits per heavy atom. The van der Waals surface area contributed by atoms with Crippen LogP contribution in [0.15, 0.2) is 91.3 Å². The number of carbonyl (C=O) groups excluding carboxylic acids is 2. The third kappa shape index (κ3) is 5.65. The van der Waals surface area contributed by atoms with Gasteiger partial charge in [0.15, 0.2) is 6.10 Å². The smallest absolute Gasteiger partial charge is 0.338 e. The molecule has 0 aliphatic carbocycles. The maximum absolute atomic E-state index is 12.7. The average Bonchev–Trinajstić information content (AvgIpc) is 3.39. The quantitative estimate of drug-likeness (QED) is 0.355. The van der Waals surface area contributed by atoms with Crippen LogP contribution in [0, 0.1) is 0 Å². The van der Waals surface area contributed by atoms with E-state index >= 15 is 0 Å². The van der Waals surface area contributed by atoms with Crippen LogP contribution in [0.3, 0.4) is 0 Å². The second-order valence-electron chi connectivity index (χ2n) is 7.25. The largest absolute Gasteiger partial charge is 0.457 e. The summed E-state index contributed by atoms with van der Waals surface area (Å²) in [6, 6.07) is 23.3. The molecule has 7 heteroatoms. The highest BCUT2D eigenvalue weighted by Gasteiger charge is 2.22. The van der Waals surface area contributed by atoms with Crippen molar-refractivity contribution in [1.29, 1.82) is 0 Å². The minimum Gasteiger partial charge on any atom is -0.457 e. The van der Waals surface area contributed by atoms with E-state index in [0.29, 0.717) is 29.2 Å². The van der Waals surface area contributed by atoms with Crippen LogP contribution in [0.2, 0.25) is 0 Å². The Labute approximate surface area is 191 Å². The van der Waals surface area contributed by atoms with Crippen molar-refractivity contribution in [3.05, 3.63) is 96.8 Å². The Morgan fingerprint density at radius 3 is 2.27 bits per heavy atom. The summed E-state index contributed by atoms with van der Waals surface area (Å²) in [6.45, 7) is 1.79. The lowest BCUT2D eigenvalue weighted by molar-refractivity contribution is -0.124. The first-order valence-corrected chi connectivity index (χ1v) is 10.6. The molecule has 1 aromatic heterocycles. The molecule has 0 spiro atoms. The number of imidazole rings is 1. The molecule has 0 aliphatic heterocycles. The number of hydrogen-bond donors (Lipinski definition) is 2. The maximum Gasteiger partial charge on any atom is 0.338 e. The number of hydrogen-bond acceptors (Lipinski definition) is 5. The molecule has 0 saturated carbocycles. The van der Waals surface area contributed by atoms with Gasteiger partial charge in [-0.1, -0.05) is 37.3 Å². The second kappa shape index (κ2) is 10.3. The van der Waals surface area contributed by atoms with Crippen LogP contribution in [0.5, 0.6) is 11.5 Å². The molecule has 166 valence electrons. The molecule has 1 amide bonds. The molecule has 1 unspecified atom stereocenters. The fourth-order valence-corrected chi connectivity index (χ4v) is 3.16. The summed E-state index contributed by atoms with van der Waals surface area (Å²) in [5.74, 6) is 1.13. The molecule has 0 aliphatic rings. The molecule has 7 nitrogen and oxygen atoms in total. The third-order valence-corrected chi connectivity index (χ3v) is 4.91. The van der Waals surface area contributed by atoms with Gasteiger partial charge in [0.1, 0.15) is 17.3 Å². The molecule has 4 rings (SSSR count). The predicted octanol–water partition coefficient (Wildman–Crippen LogP) is 5.44. The molecular weight excluding hydrogens is 418 g/mol. The summed E-state index contributed by atoms with van der Waals surface area (Å²) in [5, 5.41) is 2.78. The number of H-pyrrole nitrogens is 1. The number of benzene rings is 3. The molecular formula is C26H23N3O4. The maximum atomic E-state index is 12.7. The third-order valence-electron chi connectivity index (χ3n) is 4.91. The first-order valence-electron chi connectivity index (χ1n) is 10.6. The number of aromatic nitrogens is 2. The Hall–Kier alpha value is -4.39. The number of amides is 1. The first kappa shape index (κ1) is 21.8. The fourth-order valence-electron chi connectivity index (χ4n) is 3.16. The van der Waals surface area contributed by atoms with Gasteiger partial charge in [-0.25, -0.2) is 9.78 Å². The number of esters is 1. The van der Waals surface area contributed by atoms with Gasteiger partial charge in [0.25, 0.3) is 5.91 Å². The second-order valence-corrected chi connectivity index (χ2v) is 7.25. The lowest BCUT2D eigenvalue weighted by atomic mass is 10.1. The normalized spacial score (nSPS) is 11.4. The lowest BCUT2D eigenvalue weighted by Gasteiger charge is -2.16. The topological polar surface area (TPSA) is 93.3 Å². The van der Waals surface area contributed by atoms with Crippen molar-refractivity contribution in [3.8, 4) is 22.9 Å². The summed E-state index contributed by atoms with van der Waals surface area (Å²) in [6.07, 6.45) is 2.82. The Bertz CT molecular complexity index is 1190. The molecule has 0 bridgehead atoms. The van der Waals surface area contributed by atoms with E-state index in [1.165, 1.54) is 0 Å². The van der Waals surface area contributed by atoms with Crippen molar-refractivity contribution in [3.63, 3.8) is 0 Å². The molecule has 1 heterocycles. The molecule has 1 atom stereocenters. The van der Waals surface area contributed by atoms with Crippen LogP contribution in [-0.2, 0) is 9.53 Å². The van der Waals surface area contributed by atoms with Gasteiger partial charge in [0.2, 0.25) is 0 Å². The van der Waals surface area contributed by atoms with Gasteiger partial charge in [0, 0.05) is 23.6 Å². The number of carbonyl (C=O) groups is 2. The van der Waals surface area contributed by atoms with E-state index in [1.807, 2.05) is 30.3 Å².